The Kier molecular flexibility index (Phi) is 6.39. The van der Waals surface area contributed by atoms with Crippen LogP contribution in [0.2, 0.25) is 0 Å². The van der Waals surface area contributed by atoms with Crippen molar-refractivity contribution in [2.24, 2.45) is 0 Å². The number of benzene rings is 1. The predicted octanol–water partition coefficient (Wildman–Crippen LogP) is 1.80. The van der Waals surface area contributed by atoms with Gasteiger partial charge in [0.1, 0.15) is 6.79 Å². The molecule has 0 amide bonds. The van der Waals surface area contributed by atoms with Crippen molar-refractivity contribution in [2.75, 3.05) is 34.9 Å². The van der Waals surface area contributed by atoms with Crippen molar-refractivity contribution in [1.82, 2.24) is 0 Å². The standard InChI is InChI=1S/C12H18O5/c1-13-8-16-7-10-4-5-11(15-3)12(6-10)17-9-14-2/h4-6H,7-9H2,1-3H3. The molecule has 1 aromatic rings. The summed E-state index contributed by atoms with van der Waals surface area (Å²) in [6.07, 6.45) is 0. The maximum absolute atomic E-state index is 5.39. The minimum atomic E-state index is 0.179. The lowest BCUT2D eigenvalue weighted by Gasteiger charge is -2.11. The number of rotatable bonds is 8. The van der Waals surface area contributed by atoms with E-state index in [-0.39, 0.29) is 13.6 Å². The van der Waals surface area contributed by atoms with E-state index in [1.54, 1.807) is 21.3 Å². The highest BCUT2D eigenvalue weighted by Gasteiger charge is 2.05. The molecule has 0 radical (unpaired) electrons. The summed E-state index contributed by atoms with van der Waals surface area (Å²) in [4.78, 5) is 0. The highest BCUT2D eigenvalue weighted by atomic mass is 16.7. The van der Waals surface area contributed by atoms with Crippen molar-refractivity contribution < 1.29 is 23.7 Å². The topological polar surface area (TPSA) is 46.2 Å². The second-order valence-corrected chi connectivity index (χ2v) is 3.29. The van der Waals surface area contributed by atoms with E-state index in [0.29, 0.717) is 18.1 Å². The first-order valence-corrected chi connectivity index (χ1v) is 5.17. The van der Waals surface area contributed by atoms with Gasteiger partial charge in [-0.2, -0.15) is 0 Å². The largest absolute Gasteiger partial charge is 0.493 e. The average molecular weight is 242 g/mol. The van der Waals surface area contributed by atoms with Gasteiger partial charge in [-0.25, -0.2) is 0 Å². The van der Waals surface area contributed by atoms with Gasteiger partial charge in [0.25, 0.3) is 0 Å². The Morgan fingerprint density at radius 3 is 2.35 bits per heavy atom. The van der Waals surface area contributed by atoms with Gasteiger partial charge >= 0.3 is 0 Å². The zero-order valence-corrected chi connectivity index (χ0v) is 10.4. The van der Waals surface area contributed by atoms with E-state index in [1.165, 1.54) is 0 Å². The van der Waals surface area contributed by atoms with Gasteiger partial charge in [-0.3, -0.25) is 0 Å². The van der Waals surface area contributed by atoms with Gasteiger partial charge in [-0.05, 0) is 17.7 Å². The van der Waals surface area contributed by atoms with Crippen molar-refractivity contribution >= 4 is 0 Å². The maximum Gasteiger partial charge on any atom is 0.188 e. The summed E-state index contributed by atoms with van der Waals surface area (Å²) in [7, 11) is 4.75. The summed E-state index contributed by atoms with van der Waals surface area (Å²) in [5.41, 5.74) is 0.981. The monoisotopic (exact) mass is 242 g/mol. The molecule has 0 N–H and O–H groups in total. The minimum Gasteiger partial charge on any atom is -0.493 e. The summed E-state index contributed by atoms with van der Waals surface area (Å²) in [6, 6.07) is 5.60. The van der Waals surface area contributed by atoms with Gasteiger partial charge in [0.2, 0.25) is 0 Å². The van der Waals surface area contributed by atoms with Crippen molar-refractivity contribution in [3.63, 3.8) is 0 Å². The summed E-state index contributed by atoms with van der Waals surface area (Å²) >= 11 is 0. The number of ether oxygens (including phenoxy) is 5. The quantitative estimate of drug-likeness (QED) is 0.514. The fourth-order valence-electron chi connectivity index (χ4n) is 1.29. The van der Waals surface area contributed by atoms with Crippen LogP contribution in [0.5, 0.6) is 11.5 Å². The Labute approximate surface area is 101 Å². The fraction of sp³-hybridized carbons (Fsp3) is 0.500. The second kappa shape index (κ2) is 7.89. The highest BCUT2D eigenvalue weighted by molar-refractivity contribution is 5.42. The molecular weight excluding hydrogens is 224 g/mol. The van der Waals surface area contributed by atoms with E-state index in [1.807, 2.05) is 18.2 Å². The van der Waals surface area contributed by atoms with E-state index in [9.17, 15) is 0 Å². The molecule has 0 atom stereocenters. The SMILES string of the molecule is COCOCc1ccc(OC)c(OCOC)c1. The Morgan fingerprint density at radius 1 is 0.941 bits per heavy atom. The molecule has 0 aromatic heterocycles. The molecule has 17 heavy (non-hydrogen) atoms. The van der Waals surface area contributed by atoms with Crippen LogP contribution in [0.15, 0.2) is 18.2 Å². The Hall–Kier alpha value is -1.30. The molecule has 1 rings (SSSR count). The first-order valence-electron chi connectivity index (χ1n) is 5.17. The number of hydrogen-bond donors (Lipinski definition) is 0. The second-order valence-electron chi connectivity index (χ2n) is 3.29. The average Bonchev–Trinajstić information content (AvgIpc) is 2.37. The van der Waals surface area contributed by atoms with Crippen LogP contribution in [0.4, 0.5) is 0 Å². The van der Waals surface area contributed by atoms with Crippen molar-refractivity contribution in [2.45, 2.75) is 6.61 Å². The van der Waals surface area contributed by atoms with Crippen LogP contribution in [-0.4, -0.2) is 34.9 Å². The van der Waals surface area contributed by atoms with Crippen LogP contribution in [0.3, 0.4) is 0 Å². The summed E-state index contributed by atoms with van der Waals surface area (Å²) < 4.78 is 25.5. The first kappa shape index (κ1) is 13.8. The third-order valence-electron chi connectivity index (χ3n) is 2.03. The molecule has 0 fully saturated rings. The first-order chi connectivity index (χ1) is 8.31. The molecule has 0 aliphatic heterocycles. The van der Waals surface area contributed by atoms with Gasteiger partial charge in [0.15, 0.2) is 18.3 Å². The molecule has 0 bridgehead atoms. The summed E-state index contributed by atoms with van der Waals surface area (Å²) in [5.74, 6) is 1.30. The van der Waals surface area contributed by atoms with E-state index in [2.05, 4.69) is 0 Å². The predicted molar refractivity (Wildman–Crippen MR) is 62.2 cm³/mol. The van der Waals surface area contributed by atoms with E-state index in [4.69, 9.17) is 23.7 Å². The lowest BCUT2D eigenvalue weighted by atomic mass is 10.2. The van der Waals surface area contributed by atoms with E-state index >= 15 is 0 Å². The molecule has 0 aliphatic rings. The van der Waals surface area contributed by atoms with Crippen molar-refractivity contribution in [3.8, 4) is 11.5 Å². The Balaban J connectivity index is 2.66. The summed E-state index contributed by atoms with van der Waals surface area (Å²) in [5, 5.41) is 0. The van der Waals surface area contributed by atoms with E-state index < -0.39 is 0 Å². The van der Waals surface area contributed by atoms with Gasteiger partial charge < -0.3 is 23.7 Å². The number of methoxy groups -OCH3 is 3. The van der Waals surface area contributed by atoms with Crippen LogP contribution in [0.1, 0.15) is 5.56 Å². The molecule has 5 nitrogen and oxygen atoms in total. The molecule has 0 spiro atoms. The third kappa shape index (κ3) is 4.60. The maximum atomic E-state index is 5.39. The van der Waals surface area contributed by atoms with Gasteiger partial charge in [0.05, 0.1) is 13.7 Å². The minimum absolute atomic E-state index is 0.179. The lowest BCUT2D eigenvalue weighted by Crippen LogP contribution is -2.02. The zero-order chi connectivity index (χ0) is 12.5. The van der Waals surface area contributed by atoms with Gasteiger partial charge in [-0.15, -0.1) is 0 Å². The molecule has 0 aliphatic carbocycles. The van der Waals surface area contributed by atoms with Crippen molar-refractivity contribution in [3.05, 3.63) is 23.8 Å². The molecular formula is C12H18O5. The van der Waals surface area contributed by atoms with Crippen LogP contribution >= 0.6 is 0 Å². The summed E-state index contributed by atoms with van der Waals surface area (Å²) in [6.45, 7) is 0.903. The Bertz CT molecular complexity index is 327. The van der Waals surface area contributed by atoms with Crippen LogP contribution < -0.4 is 9.47 Å². The molecule has 96 valence electrons. The lowest BCUT2D eigenvalue weighted by molar-refractivity contribution is -0.0391. The molecule has 0 saturated carbocycles. The van der Waals surface area contributed by atoms with Crippen LogP contribution in [0, 0.1) is 0 Å². The zero-order valence-electron chi connectivity index (χ0n) is 10.4. The smallest absolute Gasteiger partial charge is 0.188 e. The van der Waals surface area contributed by atoms with E-state index in [0.717, 1.165) is 5.56 Å². The van der Waals surface area contributed by atoms with Gasteiger partial charge in [0, 0.05) is 14.2 Å². The third-order valence-corrected chi connectivity index (χ3v) is 2.03. The fourth-order valence-corrected chi connectivity index (χ4v) is 1.29. The van der Waals surface area contributed by atoms with Gasteiger partial charge in [-0.1, -0.05) is 6.07 Å². The normalized spacial score (nSPS) is 10.3. The molecule has 0 heterocycles. The molecule has 0 unspecified atom stereocenters. The molecule has 0 saturated heterocycles. The molecule has 5 heteroatoms. The number of hydrogen-bond acceptors (Lipinski definition) is 5. The van der Waals surface area contributed by atoms with Crippen LogP contribution in [0.25, 0.3) is 0 Å². The highest BCUT2D eigenvalue weighted by Crippen LogP contribution is 2.28. The van der Waals surface area contributed by atoms with Crippen LogP contribution in [-0.2, 0) is 20.8 Å². The Morgan fingerprint density at radius 2 is 1.71 bits per heavy atom. The van der Waals surface area contributed by atoms with Crippen molar-refractivity contribution in [1.29, 1.82) is 0 Å². The molecule has 1 aromatic carbocycles.